The zero-order valence-corrected chi connectivity index (χ0v) is 10.8. The molecule has 7 heteroatoms. The van der Waals surface area contributed by atoms with Crippen molar-refractivity contribution < 1.29 is 0 Å². The number of hydrazine groups is 1. The second-order valence-electron chi connectivity index (χ2n) is 4.13. The van der Waals surface area contributed by atoms with E-state index in [1.54, 1.807) is 17.5 Å². The van der Waals surface area contributed by atoms with E-state index in [1.165, 1.54) is 0 Å². The van der Waals surface area contributed by atoms with Crippen LogP contribution in [-0.4, -0.2) is 19.2 Å². The molecule has 18 heavy (non-hydrogen) atoms. The first-order valence-electron chi connectivity index (χ1n) is 5.63. The largest absolute Gasteiger partial charge is 0.297 e. The molecule has 0 aliphatic carbocycles. The Morgan fingerprint density at radius 1 is 1.56 bits per heavy atom. The molecule has 0 saturated carbocycles. The van der Waals surface area contributed by atoms with Gasteiger partial charge in [-0.3, -0.25) is 20.4 Å². The molecule has 0 aliphatic rings. The summed E-state index contributed by atoms with van der Waals surface area (Å²) < 4.78 is 3.85. The van der Waals surface area contributed by atoms with E-state index in [4.69, 9.17) is 5.84 Å². The molecule has 3 aromatic rings. The van der Waals surface area contributed by atoms with E-state index in [2.05, 4.69) is 15.5 Å². The van der Waals surface area contributed by atoms with Crippen LogP contribution in [0.3, 0.4) is 0 Å². The summed E-state index contributed by atoms with van der Waals surface area (Å²) in [6.07, 6.45) is 6.55. The molecule has 1 atom stereocenters. The van der Waals surface area contributed by atoms with Crippen LogP contribution in [0.2, 0.25) is 0 Å². The number of nitrogens with two attached hydrogens (primary N) is 1. The molecule has 0 spiro atoms. The predicted molar refractivity (Wildman–Crippen MR) is 70.0 cm³/mol. The Kier molecular flexibility index (Phi) is 2.86. The SMILES string of the molecule is Cn1nccc1C(Cc1cn2ccsc2n1)NN. The van der Waals surface area contributed by atoms with Crippen LogP contribution in [0, 0.1) is 0 Å². The molecule has 0 bridgehead atoms. The highest BCUT2D eigenvalue weighted by Crippen LogP contribution is 2.18. The number of nitrogens with one attached hydrogen (secondary N) is 1. The van der Waals surface area contributed by atoms with Gasteiger partial charge in [-0.05, 0) is 6.07 Å². The Hall–Kier alpha value is -1.70. The maximum atomic E-state index is 5.63. The molecule has 1 unspecified atom stereocenters. The molecule has 3 rings (SSSR count). The van der Waals surface area contributed by atoms with Gasteiger partial charge in [-0.2, -0.15) is 5.10 Å². The average molecular weight is 262 g/mol. The van der Waals surface area contributed by atoms with Gasteiger partial charge in [0.2, 0.25) is 0 Å². The Bertz CT molecular complexity index is 623. The maximum absolute atomic E-state index is 5.63. The summed E-state index contributed by atoms with van der Waals surface area (Å²) in [6.45, 7) is 0. The number of nitrogens with zero attached hydrogens (tertiary/aromatic N) is 4. The van der Waals surface area contributed by atoms with Crippen molar-refractivity contribution in [2.75, 3.05) is 0 Å². The lowest BCUT2D eigenvalue weighted by molar-refractivity contribution is 0.505. The average Bonchev–Trinajstić information content (AvgIpc) is 3.01. The summed E-state index contributed by atoms with van der Waals surface area (Å²) in [4.78, 5) is 5.56. The van der Waals surface area contributed by atoms with Crippen molar-refractivity contribution in [1.29, 1.82) is 0 Å². The standard InChI is InChI=1S/C11H14N6S/c1-16-10(2-3-13-16)9(15-12)6-8-7-17-4-5-18-11(17)14-8/h2-5,7,9,15H,6,12H2,1H3. The molecule has 3 N–H and O–H groups in total. The number of fused-ring (bicyclic) bond motifs is 1. The number of thiazole rings is 1. The highest BCUT2D eigenvalue weighted by atomic mass is 32.1. The van der Waals surface area contributed by atoms with E-state index in [-0.39, 0.29) is 6.04 Å². The number of aromatic nitrogens is 4. The van der Waals surface area contributed by atoms with E-state index in [9.17, 15) is 0 Å². The zero-order valence-electron chi connectivity index (χ0n) is 9.95. The fourth-order valence-corrected chi connectivity index (χ4v) is 2.78. The topological polar surface area (TPSA) is 73.2 Å². The molecule has 0 saturated heterocycles. The van der Waals surface area contributed by atoms with Gasteiger partial charge in [-0.15, -0.1) is 11.3 Å². The molecule has 3 aromatic heterocycles. The minimum atomic E-state index is 0.0158. The summed E-state index contributed by atoms with van der Waals surface area (Å²) in [5.41, 5.74) is 4.89. The molecular weight excluding hydrogens is 248 g/mol. The second-order valence-corrected chi connectivity index (χ2v) is 5.00. The minimum Gasteiger partial charge on any atom is -0.297 e. The molecule has 3 heterocycles. The van der Waals surface area contributed by atoms with Crippen molar-refractivity contribution in [2.24, 2.45) is 12.9 Å². The summed E-state index contributed by atoms with van der Waals surface area (Å²) in [7, 11) is 1.91. The summed E-state index contributed by atoms with van der Waals surface area (Å²) in [5.74, 6) is 5.63. The highest BCUT2D eigenvalue weighted by Gasteiger charge is 2.16. The van der Waals surface area contributed by atoms with Crippen molar-refractivity contribution in [1.82, 2.24) is 24.6 Å². The molecule has 6 nitrogen and oxygen atoms in total. The molecule has 0 aromatic carbocycles. The fraction of sp³-hybridized carbons (Fsp3) is 0.273. The van der Waals surface area contributed by atoms with Crippen molar-refractivity contribution in [3.63, 3.8) is 0 Å². The lowest BCUT2D eigenvalue weighted by atomic mass is 10.1. The monoisotopic (exact) mass is 262 g/mol. The smallest absolute Gasteiger partial charge is 0.193 e. The molecule has 0 radical (unpaired) electrons. The number of rotatable bonds is 4. The van der Waals surface area contributed by atoms with Gasteiger partial charge in [0.15, 0.2) is 4.96 Å². The van der Waals surface area contributed by atoms with E-state index in [0.717, 1.165) is 22.8 Å². The van der Waals surface area contributed by atoms with Gasteiger partial charge in [0.25, 0.3) is 0 Å². The third-order valence-electron chi connectivity index (χ3n) is 2.97. The highest BCUT2D eigenvalue weighted by molar-refractivity contribution is 7.15. The number of hydrogen-bond acceptors (Lipinski definition) is 5. The van der Waals surface area contributed by atoms with E-state index in [0.29, 0.717) is 0 Å². The Morgan fingerprint density at radius 3 is 3.11 bits per heavy atom. The third-order valence-corrected chi connectivity index (χ3v) is 3.74. The third kappa shape index (κ3) is 1.92. The van der Waals surface area contributed by atoms with E-state index >= 15 is 0 Å². The van der Waals surface area contributed by atoms with Crippen LogP contribution in [0.5, 0.6) is 0 Å². The van der Waals surface area contributed by atoms with Crippen molar-refractivity contribution in [3.8, 4) is 0 Å². The quantitative estimate of drug-likeness (QED) is 0.540. The summed E-state index contributed by atoms with van der Waals surface area (Å²) in [6, 6.07) is 1.98. The predicted octanol–water partition coefficient (Wildman–Crippen LogP) is 0.876. The number of imidazole rings is 1. The van der Waals surface area contributed by atoms with Crippen molar-refractivity contribution in [3.05, 3.63) is 41.4 Å². The molecular formula is C11H14N6S. The van der Waals surface area contributed by atoms with Gasteiger partial charge in [0, 0.05) is 37.4 Å². The molecule has 0 amide bonds. The number of aryl methyl sites for hydroxylation is 1. The van der Waals surface area contributed by atoms with Crippen molar-refractivity contribution >= 4 is 16.3 Å². The minimum absolute atomic E-state index is 0.0158. The molecule has 0 fully saturated rings. The first-order chi connectivity index (χ1) is 8.78. The van der Waals surface area contributed by atoms with Gasteiger partial charge >= 0.3 is 0 Å². The van der Waals surface area contributed by atoms with Crippen molar-refractivity contribution in [2.45, 2.75) is 12.5 Å². The van der Waals surface area contributed by atoms with Gasteiger partial charge in [-0.25, -0.2) is 4.98 Å². The Balaban J connectivity index is 1.86. The van der Waals surface area contributed by atoms with Crippen LogP contribution in [0.25, 0.3) is 4.96 Å². The lowest BCUT2D eigenvalue weighted by Gasteiger charge is -2.14. The normalized spacial score (nSPS) is 13.2. The van der Waals surface area contributed by atoms with Gasteiger partial charge in [-0.1, -0.05) is 0 Å². The van der Waals surface area contributed by atoms with Gasteiger partial charge in [0.05, 0.1) is 17.4 Å². The Labute approximate surface area is 108 Å². The first-order valence-corrected chi connectivity index (χ1v) is 6.51. The lowest BCUT2D eigenvalue weighted by Crippen LogP contribution is -2.31. The fourth-order valence-electron chi connectivity index (χ4n) is 2.06. The number of hydrogen-bond donors (Lipinski definition) is 2. The zero-order chi connectivity index (χ0) is 12.5. The molecule has 94 valence electrons. The van der Waals surface area contributed by atoms with E-state index in [1.807, 2.05) is 40.0 Å². The van der Waals surface area contributed by atoms with Crippen LogP contribution in [-0.2, 0) is 13.5 Å². The van der Waals surface area contributed by atoms with Crippen LogP contribution in [0.4, 0.5) is 0 Å². The van der Waals surface area contributed by atoms with Crippen LogP contribution in [0.1, 0.15) is 17.4 Å². The summed E-state index contributed by atoms with van der Waals surface area (Å²) in [5, 5.41) is 6.18. The molecule has 0 aliphatic heterocycles. The van der Waals surface area contributed by atoms with Crippen LogP contribution < -0.4 is 11.3 Å². The van der Waals surface area contributed by atoms with E-state index < -0.39 is 0 Å². The van der Waals surface area contributed by atoms with Gasteiger partial charge < -0.3 is 0 Å². The maximum Gasteiger partial charge on any atom is 0.193 e. The Morgan fingerprint density at radius 2 is 2.44 bits per heavy atom. The second kappa shape index (κ2) is 4.52. The van der Waals surface area contributed by atoms with Gasteiger partial charge in [0.1, 0.15) is 0 Å². The first kappa shape index (κ1) is 11.4. The van der Waals surface area contributed by atoms with Crippen LogP contribution >= 0.6 is 11.3 Å². The van der Waals surface area contributed by atoms with Crippen LogP contribution in [0.15, 0.2) is 30.0 Å². The summed E-state index contributed by atoms with van der Waals surface area (Å²) >= 11 is 1.63.